The molecule has 8 N–H and O–H groups in total. The first-order valence-electron chi connectivity index (χ1n) is 8.19. The zero-order valence-electron chi connectivity index (χ0n) is 15.4. The summed E-state index contributed by atoms with van der Waals surface area (Å²) in [6.07, 6.45) is -0.505. The van der Waals surface area contributed by atoms with Gasteiger partial charge in [-0.25, -0.2) is 0 Å². The van der Waals surface area contributed by atoms with Crippen molar-refractivity contribution in [3.63, 3.8) is 0 Å². The van der Waals surface area contributed by atoms with Gasteiger partial charge in [0.15, 0.2) is 0 Å². The average Bonchev–Trinajstić information content (AvgIpc) is 2.56. The van der Waals surface area contributed by atoms with E-state index in [1.165, 1.54) is 6.92 Å². The van der Waals surface area contributed by atoms with Crippen LogP contribution in [0, 0.1) is 5.92 Å². The zero-order chi connectivity index (χ0) is 21.3. The molecule has 0 heterocycles. The number of carboxylic acid groups (broad SMARTS) is 1. The fourth-order valence-corrected chi connectivity index (χ4v) is 2.09. The van der Waals surface area contributed by atoms with Gasteiger partial charge in [-0.2, -0.15) is 12.6 Å². The molecule has 0 aromatic carbocycles. The Kier molecular flexibility index (Phi) is 10.4. The van der Waals surface area contributed by atoms with Gasteiger partial charge in [0, 0.05) is 5.75 Å². The summed E-state index contributed by atoms with van der Waals surface area (Å²) in [6.45, 7) is 4.54. The normalized spacial score (nSPS) is 15.2. The van der Waals surface area contributed by atoms with Gasteiger partial charge >= 0.3 is 5.97 Å². The van der Waals surface area contributed by atoms with Gasteiger partial charge in [-0.3, -0.25) is 24.0 Å². The van der Waals surface area contributed by atoms with Crippen molar-refractivity contribution in [2.75, 3.05) is 5.75 Å². The average molecular weight is 405 g/mol. The number of carbonyl (C=O) groups is 5. The molecule has 4 unspecified atom stereocenters. The molecule has 0 aromatic rings. The Morgan fingerprint density at radius 2 is 1.52 bits per heavy atom. The largest absolute Gasteiger partial charge is 0.480 e. The number of carbonyl (C=O) groups excluding carboxylic acids is 4. The molecule has 11 nitrogen and oxygen atoms in total. The van der Waals surface area contributed by atoms with E-state index < -0.39 is 66.1 Å². The highest BCUT2D eigenvalue weighted by Crippen LogP contribution is 2.05. The van der Waals surface area contributed by atoms with Gasteiger partial charge in [0.25, 0.3) is 0 Å². The van der Waals surface area contributed by atoms with Crippen molar-refractivity contribution in [1.82, 2.24) is 16.0 Å². The van der Waals surface area contributed by atoms with Crippen LogP contribution < -0.4 is 27.4 Å². The number of amides is 4. The third-order valence-corrected chi connectivity index (χ3v) is 3.94. The van der Waals surface area contributed by atoms with E-state index in [2.05, 4.69) is 28.6 Å². The van der Waals surface area contributed by atoms with Crippen LogP contribution in [0.3, 0.4) is 0 Å². The summed E-state index contributed by atoms with van der Waals surface area (Å²) < 4.78 is 0. The van der Waals surface area contributed by atoms with Gasteiger partial charge in [-0.15, -0.1) is 0 Å². The molecule has 0 aliphatic rings. The molecule has 154 valence electrons. The molecule has 0 bridgehead atoms. The molecule has 0 aliphatic carbocycles. The van der Waals surface area contributed by atoms with Crippen molar-refractivity contribution in [3.05, 3.63) is 0 Å². The van der Waals surface area contributed by atoms with Gasteiger partial charge in [-0.05, 0) is 12.8 Å². The fourth-order valence-electron chi connectivity index (χ4n) is 1.93. The van der Waals surface area contributed by atoms with Gasteiger partial charge in [0.2, 0.25) is 23.6 Å². The summed E-state index contributed by atoms with van der Waals surface area (Å²) in [6, 6.07) is -4.60. The van der Waals surface area contributed by atoms with E-state index in [4.69, 9.17) is 16.6 Å². The van der Waals surface area contributed by atoms with Crippen LogP contribution in [-0.4, -0.2) is 64.6 Å². The molecular weight excluding hydrogens is 378 g/mol. The first kappa shape index (κ1) is 24.7. The summed E-state index contributed by atoms with van der Waals surface area (Å²) in [5.74, 6) is -4.73. The Bertz CT molecular complexity index is 585. The van der Waals surface area contributed by atoms with Crippen LogP contribution in [0.5, 0.6) is 0 Å². The predicted molar refractivity (Wildman–Crippen MR) is 99.6 cm³/mol. The van der Waals surface area contributed by atoms with Gasteiger partial charge in [0.05, 0.1) is 12.5 Å². The minimum atomic E-state index is -1.34. The molecule has 0 aromatic heterocycles. The number of thiol groups is 1. The van der Waals surface area contributed by atoms with Gasteiger partial charge < -0.3 is 32.5 Å². The maximum absolute atomic E-state index is 12.5. The number of hydrogen-bond donors (Lipinski definition) is 7. The highest BCUT2D eigenvalue weighted by molar-refractivity contribution is 7.80. The van der Waals surface area contributed by atoms with Crippen LogP contribution in [-0.2, 0) is 24.0 Å². The Hall–Kier alpha value is -2.34. The lowest BCUT2D eigenvalue weighted by molar-refractivity contribution is -0.142. The van der Waals surface area contributed by atoms with E-state index in [0.717, 1.165) is 0 Å². The van der Waals surface area contributed by atoms with Crippen LogP contribution in [0.1, 0.15) is 27.2 Å². The molecule has 4 amide bonds. The van der Waals surface area contributed by atoms with Crippen LogP contribution in [0.4, 0.5) is 0 Å². The van der Waals surface area contributed by atoms with Crippen molar-refractivity contribution in [3.8, 4) is 0 Å². The maximum atomic E-state index is 12.5. The molecule has 0 radical (unpaired) electrons. The first-order valence-corrected chi connectivity index (χ1v) is 8.82. The number of nitrogens with one attached hydrogen (secondary N) is 3. The predicted octanol–water partition coefficient (Wildman–Crippen LogP) is -2.67. The summed E-state index contributed by atoms with van der Waals surface area (Å²) in [4.78, 5) is 58.7. The van der Waals surface area contributed by atoms with Crippen molar-refractivity contribution in [2.45, 2.75) is 51.4 Å². The SMILES string of the molecule is CC(NC(=O)C(NC(=O)C(CC(N)=O)NC(=O)C(N)CS)C(C)C)C(=O)O. The van der Waals surface area contributed by atoms with Crippen LogP contribution in [0.15, 0.2) is 0 Å². The van der Waals surface area contributed by atoms with Crippen LogP contribution in [0.25, 0.3) is 0 Å². The lowest BCUT2D eigenvalue weighted by atomic mass is 10.0. The zero-order valence-corrected chi connectivity index (χ0v) is 16.3. The Balaban J connectivity index is 5.26. The third-order valence-electron chi connectivity index (χ3n) is 3.55. The van der Waals surface area contributed by atoms with E-state index >= 15 is 0 Å². The van der Waals surface area contributed by atoms with E-state index in [9.17, 15) is 24.0 Å². The minimum Gasteiger partial charge on any atom is -0.480 e. The van der Waals surface area contributed by atoms with Gasteiger partial charge in [0.1, 0.15) is 18.1 Å². The van der Waals surface area contributed by atoms with E-state index in [1.807, 2.05) is 0 Å². The molecule has 27 heavy (non-hydrogen) atoms. The summed E-state index contributed by atoms with van der Waals surface area (Å²) in [5, 5.41) is 15.8. The van der Waals surface area contributed by atoms with Crippen molar-refractivity contribution in [1.29, 1.82) is 0 Å². The lowest BCUT2D eigenvalue weighted by Gasteiger charge is -2.26. The highest BCUT2D eigenvalue weighted by Gasteiger charge is 2.31. The summed E-state index contributed by atoms with van der Waals surface area (Å²) in [7, 11) is 0. The molecular formula is C15H27N5O6S. The van der Waals surface area contributed by atoms with Crippen LogP contribution in [0.2, 0.25) is 0 Å². The third kappa shape index (κ3) is 8.73. The number of primary amides is 1. The molecule has 4 atom stereocenters. The Labute approximate surface area is 162 Å². The molecule has 0 rings (SSSR count). The fraction of sp³-hybridized carbons (Fsp3) is 0.667. The molecule has 0 saturated carbocycles. The second-order valence-electron chi connectivity index (χ2n) is 6.32. The lowest BCUT2D eigenvalue weighted by Crippen LogP contribution is -2.58. The standard InChI is InChI=1S/C15H27N5O6S/c1-6(2)11(14(24)18-7(3)15(25)26)20-13(23)9(4-10(17)21)19-12(22)8(16)5-27/h6-9,11,27H,4-5,16H2,1-3H3,(H2,17,21)(H,18,24)(H,19,22)(H,20,23)(H,25,26). The second kappa shape index (κ2) is 11.4. The molecule has 0 spiro atoms. The van der Waals surface area contributed by atoms with E-state index in [-0.39, 0.29) is 5.75 Å². The number of aliphatic carboxylic acids is 1. The second-order valence-corrected chi connectivity index (χ2v) is 6.68. The Morgan fingerprint density at radius 1 is 0.963 bits per heavy atom. The minimum absolute atomic E-state index is 0.0147. The Morgan fingerprint density at radius 3 is 1.93 bits per heavy atom. The topological polar surface area (TPSA) is 194 Å². The highest BCUT2D eigenvalue weighted by atomic mass is 32.1. The number of rotatable bonds is 11. The quantitative estimate of drug-likeness (QED) is 0.182. The van der Waals surface area contributed by atoms with E-state index in [1.54, 1.807) is 13.8 Å². The smallest absolute Gasteiger partial charge is 0.325 e. The number of hydrogen-bond acceptors (Lipinski definition) is 7. The maximum Gasteiger partial charge on any atom is 0.325 e. The number of carboxylic acids is 1. The summed E-state index contributed by atoms with van der Waals surface area (Å²) >= 11 is 3.88. The molecule has 0 aliphatic heterocycles. The van der Waals surface area contributed by atoms with E-state index in [0.29, 0.717) is 0 Å². The van der Waals surface area contributed by atoms with Crippen molar-refractivity contribution >= 4 is 42.2 Å². The molecule has 0 saturated heterocycles. The van der Waals surface area contributed by atoms with Crippen LogP contribution >= 0.6 is 12.6 Å². The monoisotopic (exact) mass is 405 g/mol. The van der Waals surface area contributed by atoms with Crippen molar-refractivity contribution < 1.29 is 29.1 Å². The number of nitrogens with two attached hydrogens (primary N) is 2. The van der Waals surface area contributed by atoms with Crippen molar-refractivity contribution in [2.24, 2.45) is 17.4 Å². The molecule has 12 heteroatoms. The van der Waals surface area contributed by atoms with Gasteiger partial charge in [-0.1, -0.05) is 13.8 Å². The molecule has 0 fully saturated rings. The first-order chi connectivity index (χ1) is 12.4. The summed E-state index contributed by atoms with van der Waals surface area (Å²) in [5.41, 5.74) is 10.6.